The molecule has 2 N–H and O–H groups in total. The summed E-state index contributed by atoms with van der Waals surface area (Å²) in [5.41, 5.74) is -3.84. The van der Waals surface area contributed by atoms with Gasteiger partial charge in [-0.2, -0.15) is 8.78 Å². The van der Waals surface area contributed by atoms with Crippen LogP contribution in [0.1, 0.15) is 49.4 Å². The molecule has 4 aromatic rings. The normalized spacial score (nSPS) is 13.4. The minimum Gasteiger partial charge on any atom is -0.465 e. The zero-order chi connectivity index (χ0) is 32.0. The van der Waals surface area contributed by atoms with Crippen LogP contribution in [0.4, 0.5) is 13.2 Å². The molecule has 0 saturated heterocycles. The van der Waals surface area contributed by atoms with Crippen molar-refractivity contribution >= 4 is 25.4 Å². The monoisotopic (exact) mass is 622 g/mol. The quantitative estimate of drug-likeness (QED) is 0.0959. The standard InChI is InChI=1S/C34H30F3O6P/c1-43-32(39)28-13-9-25(10-14-28)22-33(21-5-8-24-6-3-2-4-7-24,31(38)27-15-19-30(35)20-16-27)23-26-11-17-29(18-12-26)34(36,37)44(40,41)42/h2-20H,21-23H2,1H3,(H2,40,41,42)/b8-5+. The van der Waals surface area contributed by atoms with Crippen molar-refractivity contribution in [2.45, 2.75) is 24.9 Å². The second-order valence-corrected chi connectivity index (χ2v) is 12.1. The number of Topliss-reactive ketones (excluding diaryl/α,β-unsaturated/α-hetero) is 1. The van der Waals surface area contributed by atoms with Crippen LogP contribution in [-0.4, -0.2) is 28.6 Å². The summed E-state index contributed by atoms with van der Waals surface area (Å²) in [5, 5.41) is 0. The van der Waals surface area contributed by atoms with Crippen molar-refractivity contribution in [1.82, 2.24) is 0 Å². The molecule has 0 radical (unpaired) electrons. The van der Waals surface area contributed by atoms with E-state index in [4.69, 9.17) is 14.5 Å². The Hall–Kier alpha value is -4.30. The highest BCUT2D eigenvalue weighted by molar-refractivity contribution is 7.52. The maximum atomic E-state index is 14.4. The summed E-state index contributed by atoms with van der Waals surface area (Å²) in [7, 11) is -4.50. The van der Waals surface area contributed by atoms with Gasteiger partial charge in [-0.3, -0.25) is 9.36 Å². The van der Waals surface area contributed by atoms with Gasteiger partial charge in [0.1, 0.15) is 5.82 Å². The third kappa shape index (κ3) is 7.61. The molecule has 0 aliphatic carbocycles. The number of alkyl halides is 2. The van der Waals surface area contributed by atoms with E-state index in [9.17, 15) is 27.3 Å². The van der Waals surface area contributed by atoms with Gasteiger partial charge in [-0.05, 0) is 72.4 Å². The van der Waals surface area contributed by atoms with Crippen LogP contribution < -0.4 is 0 Å². The van der Waals surface area contributed by atoms with Gasteiger partial charge in [-0.15, -0.1) is 0 Å². The molecule has 4 aromatic carbocycles. The summed E-state index contributed by atoms with van der Waals surface area (Å²) in [4.78, 5) is 44.6. The minimum absolute atomic E-state index is 0.0445. The van der Waals surface area contributed by atoms with Crippen LogP contribution in [0.5, 0.6) is 0 Å². The second-order valence-electron chi connectivity index (χ2n) is 10.5. The first kappa shape index (κ1) is 32.6. The highest BCUT2D eigenvalue weighted by Gasteiger charge is 2.50. The number of carbonyl (C=O) groups excluding carboxylic acids is 2. The van der Waals surface area contributed by atoms with E-state index in [-0.39, 0.29) is 30.6 Å². The van der Waals surface area contributed by atoms with Gasteiger partial charge in [0.05, 0.1) is 12.7 Å². The van der Waals surface area contributed by atoms with Crippen molar-refractivity contribution < 1.29 is 41.8 Å². The Bertz CT molecular complexity index is 1670. The Morgan fingerprint density at radius 3 is 1.84 bits per heavy atom. The van der Waals surface area contributed by atoms with E-state index in [1.54, 1.807) is 24.3 Å². The van der Waals surface area contributed by atoms with Crippen LogP contribution in [0.15, 0.2) is 109 Å². The molecule has 0 saturated carbocycles. The van der Waals surface area contributed by atoms with E-state index >= 15 is 0 Å². The van der Waals surface area contributed by atoms with Crippen molar-refractivity contribution in [3.8, 4) is 0 Å². The number of methoxy groups -OCH3 is 1. The van der Waals surface area contributed by atoms with Crippen LogP contribution in [0, 0.1) is 11.2 Å². The fourth-order valence-corrected chi connectivity index (χ4v) is 5.49. The van der Waals surface area contributed by atoms with Gasteiger partial charge in [0.15, 0.2) is 5.78 Å². The number of rotatable bonds is 12. The zero-order valence-corrected chi connectivity index (χ0v) is 24.6. The van der Waals surface area contributed by atoms with E-state index < -0.39 is 36.0 Å². The number of halogens is 3. The molecule has 0 heterocycles. The zero-order valence-electron chi connectivity index (χ0n) is 23.7. The van der Waals surface area contributed by atoms with E-state index in [0.717, 1.165) is 17.7 Å². The lowest BCUT2D eigenvalue weighted by Gasteiger charge is -2.33. The Balaban J connectivity index is 1.80. The first-order chi connectivity index (χ1) is 20.8. The lowest BCUT2D eigenvalue weighted by molar-refractivity contribution is 0.0564. The summed E-state index contributed by atoms with van der Waals surface area (Å²) in [6.07, 6.45) is 4.09. The minimum atomic E-state index is -5.77. The Kier molecular flexibility index (Phi) is 10.0. The Morgan fingerprint density at radius 1 is 0.795 bits per heavy atom. The highest BCUT2D eigenvalue weighted by Crippen LogP contribution is 2.59. The number of ether oxygens (including phenoxy) is 1. The van der Waals surface area contributed by atoms with Crippen LogP contribution >= 0.6 is 7.60 Å². The maximum absolute atomic E-state index is 14.4. The van der Waals surface area contributed by atoms with Crippen LogP contribution in [0.3, 0.4) is 0 Å². The lowest BCUT2D eigenvalue weighted by Crippen LogP contribution is -2.36. The van der Waals surface area contributed by atoms with E-state index in [1.807, 2.05) is 42.5 Å². The smallest absolute Gasteiger partial charge is 0.399 e. The number of esters is 1. The number of carbonyl (C=O) groups is 2. The average Bonchev–Trinajstić information content (AvgIpc) is 3.01. The summed E-state index contributed by atoms with van der Waals surface area (Å²) in [6.45, 7) is 0. The maximum Gasteiger partial charge on any atom is 0.399 e. The third-order valence-electron chi connectivity index (χ3n) is 7.33. The van der Waals surface area contributed by atoms with Crippen molar-refractivity contribution in [1.29, 1.82) is 0 Å². The van der Waals surface area contributed by atoms with Gasteiger partial charge in [0.2, 0.25) is 0 Å². The molecule has 1 unspecified atom stereocenters. The van der Waals surface area contributed by atoms with Crippen LogP contribution in [0.2, 0.25) is 0 Å². The average molecular weight is 623 g/mol. The molecule has 0 amide bonds. The molecule has 10 heteroatoms. The molecule has 0 fully saturated rings. The predicted octanol–water partition coefficient (Wildman–Crippen LogP) is 7.60. The highest BCUT2D eigenvalue weighted by atomic mass is 31.2. The van der Waals surface area contributed by atoms with Gasteiger partial charge >= 0.3 is 19.2 Å². The van der Waals surface area contributed by atoms with Crippen molar-refractivity contribution in [3.63, 3.8) is 0 Å². The topological polar surface area (TPSA) is 101 Å². The number of benzene rings is 4. The molecular formula is C34H30F3O6P. The SMILES string of the molecule is COC(=O)c1ccc(CC(C/C=C/c2ccccc2)(Cc2ccc(C(F)(F)P(=O)(O)O)cc2)C(=O)c2ccc(F)cc2)cc1. The number of hydrogen-bond donors (Lipinski definition) is 2. The summed E-state index contributed by atoms with van der Waals surface area (Å²) in [6, 6.07) is 25.6. The first-order valence-corrected chi connectivity index (χ1v) is 15.2. The molecule has 44 heavy (non-hydrogen) atoms. The molecule has 0 bridgehead atoms. The molecule has 4 rings (SSSR count). The number of ketones is 1. The van der Waals surface area contributed by atoms with E-state index in [0.29, 0.717) is 16.7 Å². The van der Waals surface area contributed by atoms with Crippen LogP contribution in [-0.2, 0) is 27.8 Å². The summed E-state index contributed by atoms with van der Waals surface area (Å²) < 4.78 is 58.7. The molecule has 0 aliphatic heterocycles. The predicted molar refractivity (Wildman–Crippen MR) is 161 cm³/mol. The summed E-state index contributed by atoms with van der Waals surface area (Å²) in [5.74, 6) is -1.36. The lowest BCUT2D eigenvalue weighted by atomic mass is 9.69. The van der Waals surface area contributed by atoms with Crippen molar-refractivity contribution in [2.24, 2.45) is 5.41 Å². The largest absolute Gasteiger partial charge is 0.465 e. The second kappa shape index (κ2) is 13.6. The molecule has 1 atom stereocenters. The fraction of sp³-hybridized carbons (Fsp3) is 0.176. The van der Waals surface area contributed by atoms with Gasteiger partial charge in [-0.25, -0.2) is 9.18 Å². The van der Waals surface area contributed by atoms with Crippen molar-refractivity contribution in [3.05, 3.63) is 148 Å². The molecule has 6 nitrogen and oxygen atoms in total. The summed E-state index contributed by atoms with van der Waals surface area (Å²) >= 11 is 0. The molecule has 0 aromatic heterocycles. The van der Waals surface area contributed by atoms with Gasteiger partial charge in [0, 0.05) is 16.5 Å². The fourth-order valence-electron chi connectivity index (χ4n) is 5.00. The number of hydrogen-bond acceptors (Lipinski definition) is 4. The molecule has 228 valence electrons. The molecule has 0 aliphatic rings. The van der Waals surface area contributed by atoms with E-state index in [1.165, 1.54) is 43.5 Å². The molecule has 0 spiro atoms. The first-order valence-electron chi connectivity index (χ1n) is 13.6. The Labute approximate surface area is 253 Å². The van der Waals surface area contributed by atoms with Gasteiger partial charge in [-0.1, -0.05) is 78.9 Å². The third-order valence-corrected chi connectivity index (χ3v) is 8.32. The van der Waals surface area contributed by atoms with E-state index in [2.05, 4.69) is 0 Å². The van der Waals surface area contributed by atoms with Gasteiger partial charge in [0.25, 0.3) is 0 Å². The van der Waals surface area contributed by atoms with Crippen LogP contribution in [0.25, 0.3) is 6.08 Å². The Morgan fingerprint density at radius 2 is 1.32 bits per heavy atom. The number of allylic oxidation sites excluding steroid dienone is 1. The molecular weight excluding hydrogens is 592 g/mol. The van der Waals surface area contributed by atoms with Crippen molar-refractivity contribution in [2.75, 3.05) is 7.11 Å². The van der Waals surface area contributed by atoms with Gasteiger partial charge < -0.3 is 14.5 Å².